The molecule has 5 heteroatoms. The van der Waals surface area contributed by atoms with E-state index in [0.29, 0.717) is 19.5 Å². The second-order valence-corrected chi connectivity index (χ2v) is 5.97. The highest BCUT2D eigenvalue weighted by atomic mass is 16.3. The van der Waals surface area contributed by atoms with Crippen LogP contribution in [0.1, 0.15) is 32.3 Å². The van der Waals surface area contributed by atoms with Crippen LogP contribution >= 0.6 is 0 Å². The van der Waals surface area contributed by atoms with E-state index in [0.717, 1.165) is 24.1 Å². The molecule has 1 heterocycles. The average molecular weight is 290 g/mol. The molecule has 0 spiro atoms. The molecule has 0 aliphatic carbocycles. The van der Waals surface area contributed by atoms with Gasteiger partial charge in [-0.3, -0.25) is 9.59 Å². The zero-order valence-corrected chi connectivity index (χ0v) is 12.6. The number of hydrogen-bond donors (Lipinski definition) is 2. The molecule has 0 saturated carbocycles. The molecular formula is C16H22N2O3. The SMILES string of the molecule is CC(=O)Nc1ccc(CC(=O)N2CCCC(C)(O)C2)cc1. The number of hydrogen-bond acceptors (Lipinski definition) is 3. The van der Waals surface area contributed by atoms with Crippen LogP contribution in [-0.2, 0) is 16.0 Å². The number of rotatable bonds is 3. The molecule has 1 atom stereocenters. The molecule has 1 aliphatic heterocycles. The molecule has 2 rings (SSSR count). The second kappa shape index (κ2) is 6.26. The predicted octanol–water partition coefficient (Wildman–Crippen LogP) is 1.56. The number of nitrogens with one attached hydrogen (secondary N) is 1. The monoisotopic (exact) mass is 290 g/mol. The van der Waals surface area contributed by atoms with Gasteiger partial charge in [0.2, 0.25) is 11.8 Å². The summed E-state index contributed by atoms with van der Waals surface area (Å²) in [7, 11) is 0. The van der Waals surface area contributed by atoms with Gasteiger partial charge in [0.15, 0.2) is 0 Å². The minimum Gasteiger partial charge on any atom is -0.388 e. The molecule has 1 aromatic rings. The van der Waals surface area contributed by atoms with Crippen molar-refractivity contribution in [1.29, 1.82) is 0 Å². The van der Waals surface area contributed by atoms with Crippen molar-refractivity contribution in [2.75, 3.05) is 18.4 Å². The van der Waals surface area contributed by atoms with E-state index < -0.39 is 5.60 Å². The highest BCUT2D eigenvalue weighted by Gasteiger charge is 2.30. The van der Waals surface area contributed by atoms with Crippen molar-refractivity contribution in [3.05, 3.63) is 29.8 Å². The van der Waals surface area contributed by atoms with Gasteiger partial charge in [0, 0.05) is 25.7 Å². The number of nitrogens with zero attached hydrogens (tertiary/aromatic N) is 1. The van der Waals surface area contributed by atoms with E-state index in [1.807, 2.05) is 12.1 Å². The van der Waals surface area contributed by atoms with E-state index >= 15 is 0 Å². The summed E-state index contributed by atoms with van der Waals surface area (Å²) in [5.41, 5.74) is 0.849. The van der Waals surface area contributed by atoms with E-state index in [2.05, 4.69) is 5.32 Å². The molecule has 114 valence electrons. The van der Waals surface area contributed by atoms with Crippen LogP contribution in [0.15, 0.2) is 24.3 Å². The van der Waals surface area contributed by atoms with Gasteiger partial charge in [-0.25, -0.2) is 0 Å². The third-order valence-corrected chi connectivity index (χ3v) is 3.66. The van der Waals surface area contributed by atoms with E-state index in [1.165, 1.54) is 6.92 Å². The van der Waals surface area contributed by atoms with E-state index in [9.17, 15) is 14.7 Å². The molecule has 0 radical (unpaired) electrons. The summed E-state index contributed by atoms with van der Waals surface area (Å²) in [6.07, 6.45) is 1.89. The fourth-order valence-corrected chi connectivity index (χ4v) is 2.63. The largest absolute Gasteiger partial charge is 0.388 e. The Hall–Kier alpha value is -1.88. The Morgan fingerprint density at radius 3 is 2.57 bits per heavy atom. The number of benzene rings is 1. The highest BCUT2D eigenvalue weighted by Crippen LogP contribution is 2.21. The number of piperidine rings is 1. The normalized spacial score (nSPS) is 22.0. The average Bonchev–Trinajstić information content (AvgIpc) is 2.39. The minimum atomic E-state index is -0.775. The van der Waals surface area contributed by atoms with Crippen LogP contribution in [-0.4, -0.2) is 40.5 Å². The van der Waals surface area contributed by atoms with E-state index in [1.54, 1.807) is 24.0 Å². The molecule has 1 saturated heterocycles. The number of β-amino-alcohol motifs (C(OH)–C–C–N with tert-alkyl or cyclic N) is 1. The maximum atomic E-state index is 12.3. The van der Waals surface area contributed by atoms with Crippen LogP contribution in [0.5, 0.6) is 0 Å². The molecule has 2 amide bonds. The van der Waals surface area contributed by atoms with E-state index in [4.69, 9.17) is 0 Å². The van der Waals surface area contributed by atoms with Gasteiger partial charge in [-0.2, -0.15) is 0 Å². The summed E-state index contributed by atoms with van der Waals surface area (Å²) in [6, 6.07) is 7.25. The Balaban J connectivity index is 1.94. The number of likely N-dealkylation sites (tertiary alicyclic amines) is 1. The fraction of sp³-hybridized carbons (Fsp3) is 0.500. The maximum Gasteiger partial charge on any atom is 0.227 e. The predicted molar refractivity (Wildman–Crippen MR) is 80.9 cm³/mol. The molecule has 1 aromatic carbocycles. The molecule has 5 nitrogen and oxygen atoms in total. The van der Waals surface area contributed by atoms with Crippen molar-refractivity contribution < 1.29 is 14.7 Å². The summed E-state index contributed by atoms with van der Waals surface area (Å²) in [6.45, 7) is 4.34. The summed E-state index contributed by atoms with van der Waals surface area (Å²) >= 11 is 0. The minimum absolute atomic E-state index is 0.0299. The molecule has 21 heavy (non-hydrogen) atoms. The van der Waals surface area contributed by atoms with Gasteiger partial charge in [-0.1, -0.05) is 12.1 Å². The molecule has 1 fully saturated rings. The molecule has 2 N–H and O–H groups in total. The van der Waals surface area contributed by atoms with Gasteiger partial charge in [-0.15, -0.1) is 0 Å². The van der Waals surface area contributed by atoms with Gasteiger partial charge < -0.3 is 15.3 Å². The van der Waals surface area contributed by atoms with Crippen molar-refractivity contribution in [3.8, 4) is 0 Å². The van der Waals surface area contributed by atoms with Gasteiger partial charge >= 0.3 is 0 Å². The summed E-state index contributed by atoms with van der Waals surface area (Å²) in [4.78, 5) is 24.9. The Labute approximate surface area is 125 Å². The van der Waals surface area contributed by atoms with Crippen molar-refractivity contribution in [2.24, 2.45) is 0 Å². The van der Waals surface area contributed by atoms with Gasteiger partial charge in [-0.05, 0) is 37.5 Å². The maximum absolute atomic E-state index is 12.3. The Morgan fingerprint density at radius 2 is 2.00 bits per heavy atom. The first-order chi connectivity index (χ1) is 9.85. The summed E-state index contributed by atoms with van der Waals surface area (Å²) < 4.78 is 0. The van der Waals surface area contributed by atoms with Gasteiger partial charge in [0.05, 0.1) is 12.0 Å². The van der Waals surface area contributed by atoms with Crippen LogP contribution in [0.25, 0.3) is 0 Å². The van der Waals surface area contributed by atoms with Crippen LogP contribution in [0, 0.1) is 0 Å². The van der Waals surface area contributed by atoms with Crippen molar-refractivity contribution in [2.45, 2.75) is 38.7 Å². The second-order valence-electron chi connectivity index (χ2n) is 5.97. The topological polar surface area (TPSA) is 69.6 Å². The molecule has 1 aliphatic rings. The zero-order chi connectivity index (χ0) is 15.5. The Kier molecular flexibility index (Phi) is 4.63. The lowest BCUT2D eigenvalue weighted by molar-refractivity contribution is -0.136. The van der Waals surface area contributed by atoms with Crippen LogP contribution < -0.4 is 5.32 Å². The van der Waals surface area contributed by atoms with Crippen molar-refractivity contribution in [1.82, 2.24) is 4.90 Å². The summed E-state index contributed by atoms with van der Waals surface area (Å²) in [5.74, 6) is -0.0865. The fourth-order valence-electron chi connectivity index (χ4n) is 2.63. The Bertz CT molecular complexity index is 523. The molecule has 0 bridgehead atoms. The molecule has 0 aromatic heterocycles. The lowest BCUT2D eigenvalue weighted by Gasteiger charge is -2.36. The molecule has 1 unspecified atom stereocenters. The van der Waals surface area contributed by atoms with Crippen LogP contribution in [0.2, 0.25) is 0 Å². The first-order valence-electron chi connectivity index (χ1n) is 7.22. The summed E-state index contributed by atoms with van der Waals surface area (Å²) in [5, 5.41) is 12.7. The third-order valence-electron chi connectivity index (χ3n) is 3.66. The quantitative estimate of drug-likeness (QED) is 0.887. The number of aliphatic hydroxyl groups is 1. The lowest BCUT2D eigenvalue weighted by atomic mass is 9.95. The number of carbonyl (C=O) groups excluding carboxylic acids is 2. The number of amides is 2. The zero-order valence-electron chi connectivity index (χ0n) is 12.6. The smallest absolute Gasteiger partial charge is 0.227 e. The Morgan fingerprint density at radius 1 is 1.33 bits per heavy atom. The lowest BCUT2D eigenvalue weighted by Crippen LogP contribution is -2.49. The van der Waals surface area contributed by atoms with E-state index in [-0.39, 0.29) is 11.8 Å². The number of anilines is 1. The standard InChI is InChI=1S/C16H22N2O3/c1-12(19)17-14-6-4-13(5-7-14)10-15(20)18-9-3-8-16(2,21)11-18/h4-7,21H,3,8-11H2,1-2H3,(H,17,19). The van der Waals surface area contributed by atoms with Gasteiger partial charge in [0.25, 0.3) is 0 Å². The van der Waals surface area contributed by atoms with Crippen molar-refractivity contribution >= 4 is 17.5 Å². The van der Waals surface area contributed by atoms with Gasteiger partial charge in [0.1, 0.15) is 0 Å². The molecular weight excluding hydrogens is 268 g/mol. The highest BCUT2D eigenvalue weighted by molar-refractivity contribution is 5.88. The first kappa shape index (κ1) is 15.5. The third kappa shape index (κ3) is 4.56. The van der Waals surface area contributed by atoms with Crippen LogP contribution in [0.4, 0.5) is 5.69 Å². The first-order valence-corrected chi connectivity index (χ1v) is 7.22. The van der Waals surface area contributed by atoms with Crippen molar-refractivity contribution in [3.63, 3.8) is 0 Å². The number of carbonyl (C=O) groups is 2. The van der Waals surface area contributed by atoms with Crippen LogP contribution in [0.3, 0.4) is 0 Å².